The molecule has 0 unspecified atom stereocenters. The standard InChI is InChI=1S/C12H24N/c1-12-6-10-13(11-7-12)8-4-2-3-5-9-13/h12H,2-11H2,1H3/q+1. The average Bonchev–Trinajstić information content (AvgIpc) is 2.37. The zero-order valence-electron chi connectivity index (χ0n) is 9.10. The van der Waals surface area contributed by atoms with Gasteiger partial charge in [-0.25, -0.2) is 0 Å². The summed E-state index contributed by atoms with van der Waals surface area (Å²) < 4.78 is 1.49. The first-order valence-corrected chi connectivity index (χ1v) is 6.16. The summed E-state index contributed by atoms with van der Waals surface area (Å²) in [6.45, 7) is 8.38. The molecule has 0 aromatic heterocycles. The van der Waals surface area contributed by atoms with Crippen LogP contribution in [0.15, 0.2) is 0 Å². The molecule has 2 heterocycles. The summed E-state index contributed by atoms with van der Waals surface area (Å²) in [5.74, 6) is 1.01. The normalized spacial score (nSPS) is 30.2. The summed E-state index contributed by atoms with van der Waals surface area (Å²) >= 11 is 0. The van der Waals surface area contributed by atoms with E-state index in [2.05, 4.69) is 6.92 Å². The lowest BCUT2D eigenvalue weighted by molar-refractivity contribution is -0.932. The van der Waals surface area contributed by atoms with Crippen molar-refractivity contribution in [3.05, 3.63) is 0 Å². The molecule has 2 aliphatic heterocycles. The van der Waals surface area contributed by atoms with Crippen molar-refractivity contribution in [2.45, 2.75) is 45.4 Å². The van der Waals surface area contributed by atoms with Crippen molar-refractivity contribution in [2.75, 3.05) is 26.2 Å². The van der Waals surface area contributed by atoms with Crippen LogP contribution in [0.25, 0.3) is 0 Å². The number of rotatable bonds is 0. The summed E-state index contributed by atoms with van der Waals surface area (Å²) in [6.07, 6.45) is 8.95. The van der Waals surface area contributed by atoms with Gasteiger partial charge in [0.25, 0.3) is 0 Å². The third-order valence-electron chi connectivity index (χ3n) is 4.21. The summed E-state index contributed by atoms with van der Waals surface area (Å²) in [6, 6.07) is 0. The van der Waals surface area contributed by atoms with Crippen LogP contribution in [0.4, 0.5) is 0 Å². The maximum Gasteiger partial charge on any atom is 0.0789 e. The molecule has 0 atom stereocenters. The maximum absolute atomic E-state index is 2.42. The van der Waals surface area contributed by atoms with Crippen molar-refractivity contribution >= 4 is 0 Å². The highest BCUT2D eigenvalue weighted by Crippen LogP contribution is 2.27. The molecular weight excluding hydrogens is 158 g/mol. The van der Waals surface area contributed by atoms with E-state index in [0.29, 0.717) is 0 Å². The third-order valence-corrected chi connectivity index (χ3v) is 4.21. The molecule has 0 radical (unpaired) electrons. The molecule has 1 heteroatoms. The molecule has 76 valence electrons. The van der Waals surface area contributed by atoms with Crippen molar-refractivity contribution in [3.63, 3.8) is 0 Å². The molecule has 0 aromatic carbocycles. The molecule has 1 nitrogen and oxygen atoms in total. The SMILES string of the molecule is CC1CC[N+]2(CCCCCC2)CC1. The second kappa shape index (κ2) is 4.00. The Balaban J connectivity index is 1.93. The van der Waals surface area contributed by atoms with Gasteiger partial charge in [-0.1, -0.05) is 6.92 Å². The van der Waals surface area contributed by atoms with Crippen LogP contribution in [0.5, 0.6) is 0 Å². The Labute approximate surface area is 82.7 Å². The molecule has 2 saturated heterocycles. The molecule has 0 aromatic rings. The predicted octanol–water partition coefficient (Wildman–Crippen LogP) is 2.81. The van der Waals surface area contributed by atoms with E-state index in [-0.39, 0.29) is 0 Å². The van der Waals surface area contributed by atoms with Gasteiger partial charge in [0.2, 0.25) is 0 Å². The van der Waals surface area contributed by atoms with Gasteiger partial charge >= 0.3 is 0 Å². The maximum atomic E-state index is 2.42. The molecule has 0 N–H and O–H groups in total. The Morgan fingerprint density at radius 2 is 1.31 bits per heavy atom. The molecule has 0 saturated carbocycles. The fourth-order valence-electron chi connectivity index (χ4n) is 3.05. The Kier molecular flexibility index (Phi) is 2.92. The highest BCUT2D eigenvalue weighted by atomic mass is 15.4. The first-order valence-electron chi connectivity index (χ1n) is 6.16. The second-order valence-corrected chi connectivity index (χ2v) is 5.33. The first kappa shape index (κ1) is 9.51. The average molecular weight is 182 g/mol. The highest BCUT2D eigenvalue weighted by molar-refractivity contribution is 4.63. The Morgan fingerprint density at radius 3 is 1.85 bits per heavy atom. The lowest BCUT2D eigenvalue weighted by Crippen LogP contribution is -2.53. The number of nitrogens with zero attached hydrogens (tertiary/aromatic N) is 1. The van der Waals surface area contributed by atoms with Crippen LogP contribution < -0.4 is 0 Å². The summed E-state index contributed by atoms with van der Waals surface area (Å²) in [7, 11) is 0. The van der Waals surface area contributed by atoms with Crippen LogP contribution in [0.3, 0.4) is 0 Å². The Hall–Kier alpha value is -0.0400. The van der Waals surface area contributed by atoms with Crippen LogP contribution in [0.1, 0.15) is 45.4 Å². The topological polar surface area (TPSA) is 0 Å². The van der Waals surface area contributed by atoms with E-state index in [1.165, 1.54) is 69.2 Å². The van der Waals surface area contributed by atoms with E-state index in [9.17, 15) is 0 Å². The van der Waals surface area contributed by atoms with Gasteiger partial charge in [0.15, 0.2) is 0 Å². The van der Waals surface area contributed by atoms with E-state index < -0.39 is 0 Å². The van der Waals surface area contributed by atoms with Crippen molar-refractivity contribution < 1.29 is 4.48 Å². The third kappa shape index (κ3) is 2.25. The molecule has 2 rings (SSSR count). The van der Waals surface area contributed by atoms with E-state index in [0.717, 1.165) is 5.92 Å². The molecule has 1 spiro atoms. The van der Waals surface area contributed by atoms with Crippen molar-refractivity contribution in [3.8, 4) is 0 Å². The number of hydrogen-bond acceptors (Lipinski definition) is 0. The zero-order valence-corrected chi connectivity index (χ0v) is 9.10. The summed E-state index contributed by atoms with van der Waals surface area (Å²) in [4.78, 5) is 0. The van der Waals surface area contributed by atoms with E-state index in [1.807, 2.05) is 0 Å². The molecule has 13 heavy (non-hydrogen) atoms. The van der Waals surface area contributed by atoms with Crippen LogP contribution in [0, 0.1) is 5.92 Å². The van der Waals surface area contributed by atoms with Crippen LogP contribution in [0.2, 0.25) is 0 Å². The number of piperidine rings is 1. The fraction of sp³-hybridized carbons (Fsp3) is 1.00. The molecular formula is C12H24N+. The minimum Gasteiger partial charge on any atom is -0.324 e. The van der Waals surface area contributed by atoms with Crippen molar-refractivity contribution in [1.29, 1.82) is 0 Å². The smallest absolute Gasteiger partial charge is 0.0789 e. The van der Waals surface area contributed by atoms with Crippen molar-refractivity contribution in [2.24, 2.45) is 5.92 Å². The Bertz CT molecular complexity index is 147. The van der Waals surface area contributed by atoms with Crippen LogP contribution in [-0.4, -0.2) is 30.7 Å². The van der Waals surface area contributed by atoms with Crippen LogP contribution in [-0.2, 0) is 0 Å². The van der Waals surface area contributed by atoms with Gasteiger partial charge in [-0.05, 0) is 44.4 Å². The van der Waals surface area contributed by atoms with E-state index >= 15 is 0 Å². The molecule has 0 aliphatic carbocycles. The van der Waals surface area contributed by atoms with Crippen molar-refractivity contribution in [1.82, 2.24) is 0 Å². The van der Waals surface area contributed by atoms with E-state index in [4.69, 9.17) is 0 Å². The largest absolute Gasteiger partial charge is 0.324 e. The zero-order chi connectivity index (χ0) is 9.15. The lowest BCUT2D eigenvalue weighted by atomic mass is 9.96. The van der Waals surface area contributed by atoms with Gasteiger partial charge in [0.1, 0.15) is 0 Å². The van der Waals surface area contributed by atoms with Gasteiger partial charge in [-0.15, -0.1) is 0 Å². The number of hydrogen-bond donors (Lipinski definition) is 0. The highest BCUT2D eigenvalue weighted by Gasteiger charge is 2.32. The van der Waals surface area contributed by atoms with Crippen LogP contribution >= 0.6 is 0 Å². The van der Waals surface area contributed by atoms with E-state index in [1.54, 1.807) is 0 Å². The van der Waals surface area contributed by atoms with Gasteiger partial charge < -0.3 is 4.48 Å². The predicted molar refractivity (Wildman–Crippen MR) is 56.6 cm³/mol. The summed E-state index contributed by atoms with van der Waals surface area (Å²) in [5, 5.41) is 0. The monoisotopic (exact) mass is 182 g/mol. The van der Waals surface area contributed by atoms with Gasteiger partial charge in [-0.2, -0.15) is 0 Å². The molecule has 0 bridgehead atoms. The Morgan fingerprint density at radius 1 is 0.769 bits per heavy atom. The molecule has 2 fully saturated rings. The van der Waals surface area contributed by atoms with Gasteiger partial charge in [-0.3, -0.25) is 0 Å². The second-order valence-electron chi connectivity index (χ2n) is 5.33. The van der Waals surface area contributed by atoms with Gasteiger partial charge in [0, 0.05) is 0 Å². The summed E-state index contributed by atoms with van der Waals surface area (Å²) in [5.41, 5.74) is 0. The fourth-order valence-corrected chi connectivity index (χ4v) is 3.05. The number of quaternary nitrogens is 1. The minimum absolute atomic E-state index is 1.01. The quantitative estimate of drug-likeness (QED) is 0.505. The van der Waals surface area contributed by atoms with Gasteiger partial charge in [0.05, 0.1) is 26.2 Å². The lowest BCUT2D eigenvalue weighted by Gasteiger charge is -2.42. The minimum atomic E-state index is 1.01. The molecule has 0 amide bonds. The molecule has 2 aliphatic rings. The first-order chi connectivity index (χ1) is 6.31.